The number of imide groups is 1. The molecule has 2 aliphatic rings. The number of likely N-dealkylation sites (tertiary alicyclic amines) is 1. The van der Waals surface area contributed by atoms with Crippen LogP contribution >= 0.6 is 11.3 Å². The monoisotopic (exact) mass is 307 g/mol. The maximum absolute atomic E-state index is 12.3. The predicted octanol–water partition coefficient (Wildman–Crippen LogP) is 2.52. The molecular weight excluding hydrogens is 286 g/mol. The summed E-state index contributed by atoms with van der Waals surface area (Å²) in [5.74, 6) is -0.0821. The van der Waals surface area contributed by atoms with Crippen molar-refractivity contribution in [3.63, 3.8) is 0 Å². The van der Waals surface area contributed by atoms with Gasteiger partial charge in [-0.3, -0.25) is 14.6 Å². The SMILES string of the molecule is CC(C)N1C(=O)CN(CN2CCC[C@@H]2c2ccsc2)C1=O. The molecule has 3 heterocycles. The third-order valence-corrected chi connectivity index (χ3v) is 4.93. The summed E-state index contributed by atoms with van der Waals surface area (Å²) < 4.78 is 0. The molecule has 0 aromatic carbocycles. The molecule has 0 aliphatic carbocycles. The molecule has 1 atom stereocenters. The van der Waals surface area contributed by atoms with Crippen molar-refractivity contribution < 1.29 is 9.59 Å². The van der Waals surface area contributed by atoms with Gasteiger partial charge in [-0.2, -0.15) is 11.3 Å². The number of carbonyl (C=O) groups is 2. The zero-order valence-electron chi connectivity index (χ0n) is 12.5. The molecule has 3 amide bonds. The molecule has 0 spiro atoms. The summed E-state index contributed by atoms with van der Waals surface area (Å²) in [6.07, 6.45) is 2.27. The molecule has 0 N–H and O–H groups in total. The van der Waals surface area contributed by atoms with Gasteiger partial charge >= 0.3 is 6.03 Å². The molecule has 2 aliphatic heterocycles. The third kappa shape index (κ3) is 2.70. The van der Waals surface area contributed by atoms with Crippen molar-refractivity contribution in [3.05, 3.63) is 22.4 Å². The van der Waals surface area contributed by atoms with Gasteiger partial charge in [0.05, 0.1) is 6.67 Å². The quantitative estimate of drug-likeness (QED) is 0.803. The van der Waals surface area contributed by atoms with Gasteiger partial charge in [-0.25, -0.2) is 4.79 Å². The summed E-state index contributed by atoms with van der Waals surface area (Å²) >= 11 is 1.71. The van der Waals surface area contributed by atoms with Crippen LogP contribution < -0.4 is 0 Å². The van der Waals surface area contributed by atoms with E-state index in [4.69, 9.17) is 0 Å². The summed E-state index contributed by atoms with van der Waals surface area (Å²) in [5, 5.41) is 4.28. The Morgan fingerprint density at radius 1 is 1.38 bits per heavy atom. The molecule has 1 aromatic heterocycles. The molecule has 2 fully saturated rings. The number of carbonyl (C=O) groups excluding carboxylic acids is 2. The lowest BCUT2D eigenvalue weighted by Gasteiger charge is -2.28. The van der Waals surface area contributed by atoms with Crippen LogP contribution in [0.4, 0.5) is 4.79 Å². The minimum atomic E-state index is -0.147. The van der Waals surface area contributed by atoms with E-state index >= 15 is 0 Å². The second-order valence-corrected chi connectivity index (χ2v) is 6.79. The van der Waals surface area contributed by atoms with Crippen LogP contribution in [0, 0.1) is 0 Å². The van der Waals surface area contributed by atoms with Crippen LogP contribution in [0.5, 0.6) is 0 Å². The summed E-state index contributed by atoms with van der Waals surface area (Å²) in [6.45, 7) is 5.50. The largest absolute Gasteiger partial charge is 0.328 e. The van der Waals surface area contributed by atoms with Crippen molar-refractivity contribution in [1.29, 1.82) is 0 Å². The van der Waals surface area contributed by atoms with Crippen LogP contribution in [-0.4, -0.2) is 52.4 Å². The maximum Gasteiger partial charge on any atom is 0.328 e. The Bertz CT molecular complexity index is 529. The van der Waals surface area contributed by atoms with Gasteiger partial charge in [0.15, 0.2) is 0 Å². The Morgan fingerprint density at radius 2 is 2.19 bits per heavy atom. The summed E-state index contributed by atoms with van der Waals surface area (Å²) in [4.78, 5) is 29.7. The van der Waals surface area contributed by atoms with Crippen molar-refractivity contribution in [1.82, 2.24) is 14.7 Å². The highest BCUT2D eigenvalue weighted by atomic mass is 32.1. The lowest BCUT2D eigenvalue weighted by atomic mass is 10.1. The molecule has 0 unspecified atom stereocenters. The normalized spacial score (nSPS) is 23.9. The van der Waals surface area contributed by atoms with E-state index in [1.54, 1.807) is 16.2 Å². The van der Waals surface area contributed by atoms with Gasteiger partial charge in [-0.15, -0.1) is 0 Å². The van der Waals surface area contributed by atoms with Crippen LogP contribution in [0.1, 0.15) is 38.3 Å². The Hall–Kier alpha value is -1.40. The zero-order valence-corrected chi connectivity index (χ0v) is 13.3. The standard InChI is InChI=1S/C15H21N3O2S/c1-11(2)18-14(19)8-17(15(18)20)10-16-6-3-4-13(16)12-5-7-21-9-12/h5,7,9,11,13H,3-4,6,8,10H2,1-2H3/t13-/m1/s1. The number of hydrogen-bond acceptors (Lipinski definition) is 4. The number of thiophene rings is 1. The summed E-state index contributed by atoms with van der Waals surface area (Å²) in [7, 11) is 0. The van der Waals surface area contributed by atoms with Gasteiger partial charge in [-0.1, -0.05) is 0 Å². The van der Waals surface area contributed by atoms with E-state index in [0.29, 0.717) is 12.7 Å². The van der Waals surface area contributed by atoms with Crippen molar-refractivity contribution in [2.45, 2.75) is 38.8 Å². The number of hydrogen-bond donors (Lipinski definition) is 0. The zero-order chi connectivity index (χ0) is 15.0. The molecule has 0 saturated carbocycles. The fourth-order valence-electron chi connectivity index (χ4n) is 3.24. The van der Waals surface area contributed by atoms with Gasteiger partial charge in [0.2, 0.25) is 0 Å². The Morgan fingerprint density at radius 3 is 2.81 bits per heavy atom. The summed E-state index contributed by atoms with van der Waals surface area (Å²) in [5.41, 5.74) is 1.33. The predicted molar refractivity (Wildman–Crippen MR) is 82.0 cm³/mol. The lowest BCUT2D eigenvalue weighted by molar-refractivity contribution is -0.126. The van der Waals surface area contributed by atoms with E-state index in [-0.39, 0.29) is 24.5 Å². The van der Waals surface area contributed by atoms with Crippen LogP contribution in [0.3, 0.4) is 0 Å². The van der Waals surface area contributed by atoms with Crippen molar-refractivity contribution in [2.24, 2.45) is 0 Å². The molecule has 5 nitrogen and oxygen atoms in total. The third-order valence-electron chi connectivity index (χ3n) is 4.23. The summed E-state index contributed by atoms with van der Waals surface area (Å²) in [6, 6.07) is 2.32. The first kappa shape index (κ1) is 14.5. The topological polar surface area (TPSA) is 43.9 Å². The maximum atomic E-state index is 12.3. The van der Waals surface area contributed by atoms with E-state index in [1.807, 2.05) is 13.8 Å². The average Bonchev–Trinajstić information content (AvgIpc) is 3.11. The fraction of sp³-hybridized carbons (Fsp3) is 0.600. The number of rotatable bonds is 4. The number of nitrogens with zero attached hydrogens (tertiary/aromatic N) is 3. The van der Waals surface area contributed by atoms with E-state index in [9.17, 15) is 9.59 Å². The van der Waals surface area contributed by atoms with Crippen LogP contribution in [0.15, 0.2) is 16.8 Å². The van der Waals surface area contributed by atoms with Gasteiger partial charge in [0, 0.05) is 18.6 Å². The van der Waals surface area contributed by atoms with E-state index in [1.165, 1.54) is 10.5 Å². The van der Waals surface area contributed by atoms with Crippen molar-refractivity contribution >= 4 is 23.3 Å². The fourth-order valence-corrected chi connectivity index (χ4v) is 3.95. The molecule has 2 saturated heterocycles. The Kier molecular flexibility index (Phi) is 3.99. The second kappa shape index (κ2) is 5.77. The second-order valence-electron chi connectivity index (χ2n) is 6.01. The first-order valence-electron chi connectivity index (χ1n) is 7.45. The number of amides is 3. The Labute approximate surface area is 129 Å². The average molecular weight is 307 g/mol. The van der Waals surface area contributed by atoms with Crippen molar-refractivity contribution in [2.75, 3.05) is 19.8 Å². The highest BCUT2D eigenvalue weighted by Crippen LogP contribution is 2.33. The molecule has 0 radical (unpaired) electrons. The van der Waals surface area contributed by atoms with E-state index in [2.05, 4.69) is 21.7 Å². The smallest absolute Gasteiger partial charge is 0.302 e. The highest BCUT2D eigenvalue weighted by Gasteiger charge is 2.39. The molecular formula is C15H21N3O2S. The molecule has 0 bridgehead atoms. The first-order valence-corrected chi connectivity index (χ1v) is 8.39. The molecule has 3 rings (SSSR count). The van der Waals surface area contributed by atoms with Gasteiger partial charge in [-0.05, 0) is 49.1 Å². The minimum absolute atomic E-state index is 0.0683. The van der Waals surface area contributed by atoms with Gasteiger partial charge in [0.25, 0.3) is 5.91 Å². The molecule has 114 valence electrons. The highest BCUT2D eigenvalue weighted by molar-refractivity contribution is 7.07. The van der Waals surface area contributed by atoms with Gasteiger partial charge < -0.3 is 4.90 Å². The van der Waals surface area contributed by atoms with E-state index < -0.39 is 0 Å². The molecule has 6 heteroatoms. The van der Waals surface area contributed by atoms with Crippen LogP contribution in [0.25, 0.3) is 0 Å². The minimum Gasteiger partial charge on any atom is -0.302 e. The molecule has 21 heavy (non-hydrogen) atoms. The molecule has 1 aromatic rings. The Balaban J connectivity index is 1.69. The first-order chi connectivity index (χ1) is 10.1. The van der Waals surface area contributed by atoms with E-state index in [0.717, 1.165) is 19.4 Å². The van der Waals surface area contributed by atoms with Crippen LogP contribution in [0.2, 0.25) is 0 Å². The van der Waals surface area contributed by atoms with Crippen LogP contribution in [-0.2, 0) is 4.79 Å². The van der Waals surface area contributed by atoms with Gasteiger partial charge in [0.1, 0.15) is 6.54 Å². The number of urea groups is 1. The van der Waals surface area contributed by atoms with Crippen molar-refractivity contribution in [3.8, 4) is 0 Å². The lowest BCUT2D eigenvalue weighted by Crippen LogP contribution is -2.42.